The number of carbonyl (C=O) groups excluding carboxylic acids is 1. The summed E-state index contributed by atoms with van der Waals surface area (Å²) in [7, 11) is 3.64. The van der Waals surface area contributed by atoms with Gasteiger partial charge in [-0.05, 0) is 17.7 Å². The number of amides is 1. The van der Waals surface area contributed by atoms with Gasteiger partial charge in [0.2, 0.25) is 0 Å². The lowest BCUT2D eigenvalue weighted by atomic mass is 10.0. The Bertz CT molecular complexity index is 1040. The summed E-state index contributed by atoms with van der Waals surface area (Å²) in [4.78, 5) is 17.0. The van der Waals surface area contributed by atoms with Crippen LogP contribution in [0.5, 0.6) is 5.75 Å². The number of carbonyl (C=O) groups is 1. The zero-order valence-corrected chi connectivity index (χ0v) is 16.4. The molecule has 1 aliphatic rings. The summed E-state index contributed by atoms with van der Waals surface area (Å²) >= 11 is 12.3. The van der Waals surface area contributed by atoms with Gasteiger partial charge in [0.25, 0.3) is 5.91 Å². The molecule has 140 valence electrons. The molecular formula is C19H18Cl2N4O2. The Kier molecular flexibility index (Phi) is 4.72. The lowest BCUT2D eigenvalue weighted by molar-refractivity contribution is 0.102. The van der Waals surface area contributed by atoms with E-state index >= 15 is 0 Å². The maximum atomic E-state index is 13.1. The Morgan fingerprint density at radius 1 is 1.30 bits per heavy atom. The molecule has 1 aliphatic heterocycles. The van der Waals surface area contributed by atoms with Crippen LogP contribution < -0.4 is 15.4 Å². The van der Waals surface area contributed by atoms with Crippen molar-refractivity contribution in [2.24, 2.45) is 7.05 Å². The second kappa shape index (κ2) is 7.03. The molecule has 6 nitrogen and oxygen atoms in total. The van der Waals surface area contributed by atoms with E-state index in [4.69, 9.17) is 27.9 Å². The van der Waals surface area contributed by atoms with E-state index < -0.39 is 0 Å². The summed E-state index contributed by atoms with van der Waals surface area (Å²) in [5, 5.41) is 7.67. The maximum absolute atomic E-state index is 13.1. The standard InChI is InChI=1S/C19H18Cl2N4O2/c1-25-14-5-6-22-7-11(14)16-10(3-4-15(27-2)18(16)25)19(26)24-17-12(20)8-23-9-13(17)21/h3-4,8-9,22H,5-7H2,1-2H3,(H,23,24,26). The number of pyridine rings is 1. The number of nitrogens with one attached hydrogen (secondary N) is 2. The van der Waals surface area contributed by atoms with Gasteiger partial charge in [-0.15, -0.1) is 0 Å². The summed E-state index contributed by atoms with van der Waals surface area (Å²) in [6.07, 6.45) is 3.79. The Hall–Kier alpha value is -2.28. The number of hydrogen-bond donors (Lipinski definition) is 2. The first kappa shape index (κ1) is 18.1. The average molecular weight is 405 g/mol. The van der Waals surface area contributed by atoms with Gasteiger partial charge in [-0.1, -0.05) is 23.2 Å². The summed E-state index contributed by atoms with van der Waals surface area (Å²) < 4.78 is 7.67. The molecule has 0 bridgehead atoms. The smallest absolute Gasteiger partial charge is 0.256 e. The molecule has 0 radical (unpaired) electrons. The number of halogens is 2. The van der Waals surface area contributed by atoms with Crippen LogP contribution in [0.1, 0.15) is 21.6 Å². The predicted molar refractivity (Wildman–Crippen MR) is 107 cm³/mol. The molecule has 2 N–H and O–H groups in total. The third-order valence-electron chi connectivity index (χ3n) is 4.93. The third-order valence-corrected chi connectivity index (χ3v) is 5.50. The SMILES string of the molecule is COc1ccc(C(=O)Nc2c(Cl)cncc2Cl)c2c3c(n(C)c12)CCNC3. The van der Waals surface area contributed by atoms with E-state index in [0.717, 1.165) is 35.2 Å². The van der Waals surface area contributed by atoms with E-state index in [1.165, 1.54) is 18.1 Å². The number of rotatable bonds is 3. The van der Waals surface area contributed by atoms with Crippen molar-refractivity contribution in [3.05, 3.63) is 51.4 Å². The van der Waals surface area contributed by atoms with Crippen LogP contribution in [0.15, 0.2) is 24.5 Å². The molecule has 0 spiro atoms. The number of nitrogens with zero attached hydrogens (tertiary/aromatic N) is 2. The minimum atomic E-state index is -0.281. The molecule has 8 heteroatoms. The molecule has 0 unspecified atom stereocenters. The minimum Gasteiger partial charge on any atom is -0.495 e. The Morgan fingerprint density at radius 2 is 2.04 bits per heavy atom. The van der Waals surface area contributed by atoms with Gasteiger partial charge in [-0.25, -0.2) is 0 Å². The van der Waals surface area contributed by atoms with Crippen LogP contribution in [0.3, 0.4) is 0 Å². The fourth-order valence-corrected chi connectivity index (χ4v) is 4.15. The van der Waals surface area contributed by atoms with Crippen molar-refractivity contribution in [3.63, 3.8) is 0 Å². The largest absolute Gasteiger partial charge is 0.495 e. The van der Waals surface area contributed by atoms with Gasteiger partial charge < -0.3 is 19.9 Å². The monoisotopic (exact) mass is 404 g/mol. The molecule has 3 heterocycles. The number of hydrogen-bond acceptors (Lipinski definition) is 4. The Balaban J connectivity index is 1.88. The van der Waals surface area contributed by atoms with E-state index in [-0.39, 0.29) is 16.0 Å². The Morgan fingerprint density at radius 3 is 2.74 bits per heavy atom. The summed E-state index contributed by atoms with van der Waals surface area (Å²) in [6, 6.07) is 3.58. The zero-order valence-electron chi connectivity index (χ0n) is 14.9. The lowest BCUT2D eigenvalue weighted by Gasteiger charge is -2.15. The van der Waals surface area contributed by atoms with Gasteiger partial charge in [0.15, 0.2) is 0 Å². The van der Waals surface area contributed by atoms with Gasteiger partial charge >= 0.3 is 0 Å². The fourth-order valence-electron chi connectivity index (χ4n) is 3.69. The predicted octanol–water partition coefficient (Wildman–Crippen LogP) is 3.79. The summed E-state index contributed by atoms with van der Waals surface area (Å²) in [5.41, 5.74) is 4.14. The number of fused-ring (bicyclic) bond motifs is 3. The third kappa shape index (κ3) is 2.94. The van der Waals surface area contributed by atoms with E-state index in [2.05, 4.69) is 20.2 Å². The maximum Gasteiger partial charge on any atom is 0.256 e. The number of aromatic nitrogens is 2. The molecule has 0 aliphatic carbocycles. The van der Waals surface area contributed by atoms with Crippen molar-refractivity contribution in [1.82, 2.24) is 14.9 Å². The van der Waals surface area contributed by atoms with Crippen LogP contribution in [0.25, 0.3) is 10.9 Å². The molecule has 1 amide bonds. The van der Waals surface area contributed by atoms with Crippen LogP contribution >= 0.6 is 23.2 Å². The number of anilines is 1. The van der Waals surface area contributed by atoms with Gasteiger partial charge in [-0.3, -0.25) is 9.78 Å². The van der Waals surface area contributed by atoms with Gasteiger partial charge in [0.1, 0.15) is 5.75 Å². The van der Waals surface area contributed by atoms with Crippen LogP contribution in [-0.2, 0) is 20.0 Å². The molecule has 0 saturated heterocycles. The number of aryl methyl sites for hydroxylation is 1. The Labute approximate surface area is 166 Å². The molecule has 0 saturated carbocycles. The van der Waals surface area contributed by atoms with Crippen LogP contribution in [0, 0.1) is 0 Å². The fraction of sp³-hybridized carbons (Fsp3) is 0.263. The molecular weight excluding hydrogens is 387 g/mol. The van der Waals surface area contributed by atoms with Gasteiger partial charge in [0, 0.05) is 55.6 Å². The van der Waals surface area contributed by atoms with Crippen molar-refractivity contribution in [3.8, 4) is 5.75 Å². The molecule has 2 aromatic heterocycles. The van der Waals surface area contributed by atoms with Crippen molar-refractivity contribution in [2.75, 3.05) is 19.0 Å². The zero-order chi connectivity index (χ0) is 19.1. The van der Waals surface area contributed by atoms with Crippen molar-refractivity contribution in [2.45, 2.75) is 13.0 Å². The summed E-state index contributed by atoms with van der Waals surface area (Å²) in [6.45, 7) is 1.61. The number of methoxy groups -OCH3 is 1. The highest BCUT2D eigenvalue weighted by molar-refractivity contribution is 6.39. The first-order chi connectivity index (χ1) is 13.0. The molecule has 1 aromatic carbocycles. The van der Waals surface area contributed by atoms with Crippen LogP contribution in [0.2, 0.25) is 10.0 Å². The number of ether oxygens (including phenoxy) is 1. The first-order valence-electron chi connectivity index (χ1n) is 8.51. The van der Waals surface area contributed by atoms with Crippen molar-refractivity contribution in [1.29, 1.82) is 0 Å². The topological polar surface area (TPSA) is 68.2 Å². The first-order valence-corrected chi connectivity index (χ1v) is 9.26. The van der Waals surface area contributed by atoms with Crippen LogP contribution in [0.4, 0.5) is 5.69 Å². The summed E-state index contributed by atoms with van der Waals surface area (Å²) in [5.74, 6) is 0.454. The average Bonchev–Trinajstić information content (AvgIpc) is 2.98. The van der Waals surface area contributed by atoms with E-state index in [0.29, 0.717) is 17.8 Å². The van der Waals surface area contributed by atoms with E-state index in [1.54, 1.807) is 13.2 Å². The second-order valence-electron chi connectivity index (χ2n) is 6.38. The normalized spacial score (nSPS) is 13.5. The highest BCUT2D eigenvalue weighted by atomic mass is 35.5. The van der Waals surface area contributed by atoms with E-state index in [1.807, 2.05) is 13.1 Å². The van der Waals surface area contributed by atoms with Gasteiger partial charge in [-0.2, -0.15) is 0 Å². The second-order valence-corrected chi connectivity index (χ2v) is 7.20. The number of benzene rings is 1. The van der Waals surface area contributed by atoms with Crippen molar-refractivity contribution < 1.29 is 9.53 Å². The van der Waals surface area contributed by atoms with Crippen molar-refractivity contribution >= 4 is 45.7 Å². The highest BCUT2D eigenvalue weighted by Crippen LogP contribution is 2.37. The molecule has 27 heavy (non-hydrogen) atoms. The quantitative estimate of drug-likeness (QED) is 0.696. The molecule has 4 rings (SSSR count). The highest BCUT2D eigenvalue weighted by Gasteiger charge is 2.25. The minimum absolute atomic E-state index is 0.281. The lowest BCUT2D eigenvalue weighted by Crippen LogP contribution is -2.24. The molecule has 0 atom stereocenters. The van der Waals surface area contributed by atoms with Crippen LogP contribution in [-0.4, -0.2) is 29.1 Å². The van der Waals surface area contributed by atoms with Gasteiger partial charge in [0.05, 0.1) is 28.4 Å². The van der Waals surface area contributed by atoms with E-state index in [9.17, 15) is 4.79 Å². The molecule has 0 fully saturated rings. The molecule has 3 aromatic rings.